The van der Waals surface area contributed by atoms with Gasteiger partial charge < -0.3 is 30.3 Å². The van der Waals surface area contributed by atoms with Crippen molar-refractivity contribution in [3.63, 3.8) is 0 Å². The molecular formula is C30H31ClN3O10S2-. The number of carbonyl (C=O) groups excluding carboxylic acids is 3. The lowest BCUT2D eigenvalue weighted by molar-refractivity contribution is -0.593. The Hall–Kier alpha value is -3.70. The van der Waals surface area contributed by atoms with Gasteiger partial charge in [-0.3, -0.25) is 9.01 Å². The predicted molar refractivity (Wildman–Crippen MR) is 170 cm³/mol. The average Bonchev–Trinajstić information content (AvgIpc) is 3.29. The summed E-state index contributed by atoms with van der Waals surface area (Å²) in [5, 5.41) is 35.6. The molecule has 0 bridgehead atoms. The summed E-state index contributed by atoms with van der Waals surface area (Å²) in [7, 11) is -2.91. The number of phenols is 1. The van der Waals surface area contributed by atoms with Gasteiger partial charge >= 0.3 is 11.9 Å². The number of amides is 2. The maximum Gasteiger partial charge on any atom is 0.345 e. The Kier molecular flexibility index (Phi) is 11.7. The number of rotatable bonds is 14. The third-order valence-electron chi connectivity index (χ3n) is 6.97. The minimum absolute atomic E-state index is 0.0311. The Morgan fingerprint density at radius 3 is 2.50 bits per heavy atom. The van der Waals surface area contributed by atoms with Crippen LogP contribution in [0.5, 0.6) is 11.5 Å². The molecule has 1 aliphatic rings. The maximum absolute atomic E-state index is 13.3. The highest BCUT2D eigenvalue weighted by Crippen LogP contribution is 2.48. The number of phenolic OH excluding ortho intramolecular Hbond substituents is 1. The molecule has 1 heterocycles. The van der Waals surface area contributed by atoms with Crippen molar-refractivity contribution in [2.24, 2.45) is 0 Å². The largest absolute Gasteiger partial charge is 0.612 e. The minimum Gasteiger partial charge on any atom is -0.612 e. The van der Waals surface area contributed by atoms with Crippen molar-refractivity contribution in [1.82, 2.24) is 10.0 Å². The SMILES string of the molecule is COC(=O)c1c(O)cccc1OCCCCNC(=O)C(Cc1ccc(C2CC(=O)[N+]([O-])([O-])S2)c(Cl)c1)NS(=O)(=O)c1ccccc1. The van der Waals surface area contributed by atoms with E-state index in [1.54, 1.807) is 30.3 Å². The number of aromatic hydroxyl groups is 1. The van der Waals surface area contributed by atoms with Gasteiger partial charge in [0.2, 0.25) is 15.9 Å². The third-order valence-corrected chi connectivity index (χ3v) is 9.94. The number of ether oxygens (including phenoxy) is 2. The summed E-state index contributed by atoms with van der Waals surface area (Å²) in [5.41, 5.74) is 0.802. The van der Waals surface area contributed by atoms with Crippen LogP contribution in [0.15, 0.2) is 71.6 Å². The van der Waals surface area contributed by atoms with Crippen molar-refractivity contribution in [2.75, 3.05) is 20.3 Å². The second kappa shape index (κ2) is 15.3. The van der Waals surface area contributed by atoms with Crippen LogP contribution in [0.25, 0.3) is 0 Å². The number of hydrogen-bond donors (Lipinski definition) is 3. The average molecular weight is 693 g/mol. The molecule has 4 rings (SSSR count). The fourth-order valence-corrected chi connectivity index (χ4v) is 7.31. The molecule has 0 aromatic heterocycles. The number of hydrogen-bond acceptors (Lipinski definition) is 11. The lowest BCUT2D eigenvalue weighted by Crippen LogP contribution is -2.48. The zero-order chi connectivity index (χ0) is 33.5. The molecule has 0 radical (unpaired) electrons. The Labute approximate surface area is 274 Å². The van der Waals surface area contributed by atoms with Crippen molar-refractivity contribution in [3.05, 3.63) is 98.9 Å². The highest BCUT2D eigenvalue weighted by atomic mass is 35.5. The number of nitrogens with zero attached hydrogens (tertiary/aromatic N) is 1. The van der Waals surface area contributed by atoms with Crippen molar-refractivity contribution >= 4 is 51.4 Å². The highest BCUT2D eigenvalue weighted by molar-refractivity contribution is 7.94. The van der Waals surface area contributed by atoms with Crippen molar-refractivity contribution in [2.45, 2.75) is 41.9 Å². The fourth-order valence-electron chi connectivity index (χ4n) is 4.63. The van der Waals surface area contributed by atoms with Gasteiger partial charge in [-0.15, -0.1) is 0 Å². The van der Waals surface area contributed by atoms with Crippen LogP contribution >= 0.6 is 23.5 Å². The van der Waals surface area contributed by atoms with E-state index in [9.17, 15) is 38.3 Å². The summed E-state index contributed by atoms with van der Waals surface area (Å²) < 4.78 is 36.7. The Balaban J connectivity index is 1.40. The zero-order valence-corrected chi connectivity index (χ0v) is 26.9. The van der Waals surface area contributed by atoms with Gasteiger partial charge in [0, 0.05) is 11.6 Å². The van der Waals surface area contributed by atoms with E-state index in [-0.39, 0.29) is 53.0 Å². The lowest BCUT2D eigenvalue weighted by atomic mass is 10.0. The van der Waals surface area contributed by atoms with E-state index in [1.807, 2.05) is 0 Å². The number of methoxy groups -OCH3 is 1. The second-order valence-electron chi connectivity index (χ2n) is 10.2. The number of nitrogens with one attached hydrogen (secondary N) is 2. The van der Waals surface area contributed by atoms with Crippen LogP contribution in [0.1, 0.15) is 46.0 Å². The van der Waals surface area contributed by atoms with Gasteiger partial charge in [-0.05, 0) is 60.7 Å². The summed E-state index contributed by atoms with van der Waals surface area (Å²) >= 11 is 6.82. The molecule has 1 fully saturated rings. The van der Waals surface area contributed by atoms with Gasteiger partial charge in [0.1, 0.15) is 23.1 Å². The van der Waals surface area contributed by atoms with E-state index in [0.717, 1.165) is 0 Å². The van der Waals surface area contributed by atoms with Crippen molar-refractivity contribution < 1.29 is 41.6 Å². The van der Waals surface area contributed by atoms with Gasteiger partial charge in [-0.2, -0.15) is 4.72 Å². The topological polar surface area (TPSA) is 194 Å². The van der Waals surface area contributed by atoms with Gasteiger partial charge in [0.25, 0.3) is 0 Å². The molecule has 2 amide bonds. The second-order valence-corrected chi connectivity index (χ2v) is 13.6. The first kappa shape index (κ1) is 35.2. The molecule has 0 spiro atoms. The molecule has 16 heteroatoms. The first-order valence-corrected chi connectivity index (χ1v) is 16.7. The van der Waals surface area contributed by atoms with E-state index in [1.165, 1.54) is 43.5 Å². The van der Waals surface area contributed by atoms with E-state index in [0.29, 0.717) is 35.9 Å². The Morgan fingerprint density at radius 1 is 1.11 bits per heavy atom. The monoisotopic (exact) mass is 692 g/mol. The number of unbranched alkanes of at least 4 members (excludes halogenated alkanes) is 1. The molecule has 2 atom stereocenters. The number of halogens is 1. The first-order valence-electron chi connectivity index (χ1n) is 14.0. The number of quaternary nitrogens is 1. The molecule has 3 aromatic rings. The number of esters is 1. The Morgan fingerprint density at radius 2 is 1.85 bits per heavy atom. The van der Waals surface area contributed by atoms with Crippen molar-refractivity contribution in [1.29, 1.82) is 0 Å². The summed E-state index contributed by atoms with van der Waals surface area (Å²) in [6, 6.07) is 15.3. The molecule has 3 aromatic carbocycles. The fraction of sp³-hybridized carbons (Fsp3) is 0.300. The Bertz CT molecular complexity index is 1690. The molecule has 46 heavy (non-hydrogen) atoms. The molecular weight excluding hydrogens is 662 g/mol. The van der Waals surface area contributed by atoms with Crippen LogP contribution in [-0.2, 0) is 30.8 Å². The van der Waals surface area contributed by atoms with E-state index >= 15 is 0 Å². The van der Waals surface area contributed by atoms with Crippen molar-refractivity contribution in [3.8, 4) is 11.5 Å². The normalized spacial score (nSPS) is 16.5. The number of benzene rings is 3. The molecule has 0 aliphatic carbocycles. The van der Waals surface area contributed by atoms with Gasteiger partial charge in [-0.25, -0.2) is 18.0 Å². The van der Waals surface area contributed by atoms with Gasteiger partial charge in [-0.1, -0.05) is 48.0 Å². The molecule has 0 saturated carbocycles. The summed E-state index contributed by atoms with van der Waals surface area (Å²) in [5.74, 6) is -2.50. The van der Waals surface area contributed by atoms with Crippen LogP contribution in [0.3, 0.4) is 0 Å². The maximum atomic E-state index is 13.3. The highest BCUT2D eigenvalue weighted by Gasteiger charge is 2.39. The molecule has 3 N–H and O–H groups in total. The third kappa shape index (κ3) is 8.76. The number of carbonyl (C=O) groups is 3. The van der Waals surface area contributed by atoms with Crippen LogP contribution in [0, 0.1) is 10.4 Å². The quantitative estimate of drug-likeness (QED) is 0.0723. The van der Waals surface area contributed by atoms with Crippen LogP contribution in [-0.4, -0.2) is 61.8 Å². The summed E-state index contributed by atoms with van der Waals surface area (Å²) in [6.45, 7) is 0.328. The molecule has 246 valence electrons. The summed E-state index contributed by atoms with van der Waals surface area (Å²) in [4.78, 5) is 37.0. The predicted octanol–water partition coefficient (Wildman–Crippen LogP) is 4.13. The van der Waals surface area contributed by atoms with E-state index in [4.69, 9.17) is 16.3 Å². The van der Waals surface area contributed by atoms with E-state index < -0.39 is 43.3 Å². The lowest BCUT2D eigenvalue weighted by Gasteiger charge is -2.36. The van der Waals surface area contributed by atoms with Crippen LogP contribution in [0.4, 0.5) is 0 Å². The molecule has 1 saturated heterocycles. The van der Waals surface area contributed by atoms with Gasteiger partial charge in [0.15, 0.2) is 0 Å². The van der Waals surface area contributed by atoms with Crippen LogP contribution in [0.2, 0.25) is 5.02 Å². The molecule has 1 aliphatic heterocycles. The molecule has 13 nitrogen and oxygen atoms in total. The number of sulfonamides is 1. The standard InChI is InChI=1S/C30H31ClN3O10S2/c1-43-30(38)28-24(35)10-7-11-25(28)44-15-6-5-14-32-29(37)23(33-46(41,42)20-8-3-2-4-9-20)17-19-12-13-21(22(31)16-19)26-18-27(36)34(39,40)45-26/h2-4,7-13,16,23,26,33,35H,5-6,14-15,17-18H2,1H3,(H,32,37)/q-1. The van der Waals surface area contributed by atoms with Crippen LogP contribution < -0.4 is 14.8 Å². The number of hydroxylamine groups is 2. The smallest absolute Gasteiger partial charge is 0.345 e. The zero-order valence-electron chi connectivity index (χ0n) is 24.5. The minimum atomic E-state index is -4.10. The first-order chi connectivity index (χ1) is 21.8. The molecule has 2 unspecified atom stereocenters. The van der Waals surface area contributed by atoms with E-state index in [2.05, 4.69) is 14.8 Å². The summed E-state index contributed by atoms with van der Waals surface area (Å²) in [6.07, 6.45) is 0.523. The van der Waals surface area contributed by atoms with Gasteiger partial charge in [0.05, 0.1) is 42.2 Å².